The van der Waals surface area contributed by atoms with Crippen LogP contribution in [0.3, 0.4) is 0 Å². The Hall–Kier alpha value is -1.25. The molecule has 1 nitrogen and oxygen atoms in total. The lowest BCUT2D eigenvalue weighted by Crippen LogP contribution is -2.10. The van der Waals surface area contributed by atoms with Gasteiger partial charge in [-0.25, -0.2) is 0 Å². The van der Waals surface area contributed by atoms with Gasteiger partial charge in [0.05, 0.1) is 6.10 Å². The molecule has 2 atom stereocenters. The number of hydrogen-bond acceptors (Lipinski definition) is 2. The molecule has 0 bridgehead atoms. The highest BCUT2D eigenvalue weighted by Gasteiger charge is 2.23. The summed E-state index contributed by atoms with van der Waals surface area (Å²) in [5.41, 5.74) is 4.79. The molecular formula is C17H18OS. The summed E-state index contributed by atoms with van der Waals surface area (Å²) in [7, 11) is 0. The molecule has 0 aromatic heterocycles. The highest BCUT2D eigenvalue weighted by atomic mass is 32.2. The first kappa shape index (κ1) is 12.8. The van der Waals surface area contributed by atoms with Crippen molar-refractivity contribution < 1.29 is 5.11 Å². The van der Waals surface area contributed by atoms with E-state index in [-0.39, 0.29) is 6.10 Å². The standard InChI is InChI=1S/C17H18OS/c1-12-10-19-11-15-8-7-14(9-16(15)17(12)18)13-5-3-2-4-6-13/h2-9,12,17-18H,10-11H2,1H3. The van der Waals surface area contributed by atoms with Crippen LogP contribution in [-0.2, 0) is 5.75 Å². The van der Waals surface area contributed by atoms with Crippen molar-refractivity contribution in [3.8, 4) is 11.1 Å². The molecule has 1 heterocycles. The molecule has 0 aliphatic carbocycles. The van der Waals surface area contributed by atoms with E-state index in [4.69, 9.17) is 0 Å². The number of aliphatic hydroxyl groups is 1. The first-order chi connectivity index (χ1) is 9.25. The second-order valence-electron chi connectivity index (χ2n) is 5.22. The largest absolute Gasteiger partial charge is 0.388 e. The van der Waals surface area contributed by atoms with Gasteiger partial charge in [0.15, 0.2) is 0 Å². The third-order valence-corrected chi connectivity index (χ3v) is 5.03. The quantitative estimate of drug-likeness (QED) is 0.835. The fourth-order valence-electron chi connectivity index (χ4n) is 2.56. The van der Waals surface area contributed by atoms with Gasteiger partial charge in [-0.3, -0.25) is 0 Å². The maximum absolute atomic E-state index is 10.5. The fourth-order valence-corrected chi connectivity index (χ4v) is 3.72. The SMILES string of the molecule is CC1CSCc2ccc(-c3ccccc3)cc2C1O. The summed E-state index contributed by atoms with van der Waals surface area (Å²) >= 11 is 1.91. The topological polar surface area (TPSA) is 20.2 Å². The molecule has 2 heteroatoms. The van der Waals surface area contributed by atoms with Crippen molar-refractivity contribution >= 4 is 11.8 Å². The highest BCUT2D eigenvalue weighted by molar-refractivity contribution is 7.98. The second-order valence-corrected chi connectivity index (χ2v) is 6.25. The number of benzene rings is 2. The minimum Gasteiger partial charge on any atom is -0.388 e. The van der Waals surface area contributed by atoms with Gasteiger partial charge in [-0.05, 0) is 40.0 Å². The van der Waals surface area contributed by atoms with Crippen LogP contribution in [0.1, 0.15) is 24.2 Å². The average Bonchev–Trinajstić information content (AvgIpc) is 2.60. The second kappa shape index (κ2) is 5.40. The summed E-state index contributed by atoms with van der Waals surface area (Å²) in [4.78, 5) is 0. The van der Waals surface area contributed by atoms with E-state index in [1.807, 2.05) is 17.8 Å². The van der Waals surface area contributed by atoms with Crippen molar-refractivity contribution in [3.05, 3.63) is 59.7 Å². The molecule has 0 saturated heterocycles. The van der Waals surface area contributed by atoms with Crippen LogP contribution in [0.15, 0.2) is 48.5 Å². The summed E-state index contributed by atoms with van der Waals surface area (Å²) in [6.45, 7) is 2.13. The van der Waals surface area contributed by atoms with Crippen LogP contribution in [0.4, 0.5) is 0 Å². The molecule has 3 rings (SSSR count). The van der Waals surface area contributed by atoms with Crippen molar-refractivity contribution in [2.75, 3.05) is 5.75 Å². The van der Waals surface area contributed by atoms with E-state index in [2.05, 4.69) is 49.4 Å². The maximum Gasteiger partial charge on any atom is 0.0826 e. The van der Waals surface area contributed by atoms with Gasteiger partial charge in [-0.1, -0.05) is 49.4 Å². The van der Waals surface area contributed by atoms with E-state index < -0.39 is 0 Å². The first-order valence-electron chi connectivity index (χ1n) is 6.70. The van der Waals surface area contributed by atoms with Crippen LogP contribution < -0.4 is 0 Å². The summed E-state index contributed by atoms with van der Waals surface area (Å²) in [6, 6.07) is 16.9. The number of rotatable bonds is 1. The predicted octanol–water partition coefficient (Wildman–Crippen LogP) is 4.27. The van der Waals surface area contributed by atoms with Crippen molar-refractivity contribution in [3.63, 3.8) is 0 Å². The van der Waals surface area contributed by atoms with Crippen LogP contribution in [0.25, 0.3) is 11.1 Å². The molecule has 19 heavy (non-hydrogen) atoms. The Morgan fingerprint density at radius 2 is 1.84 bits per heavy atom. The zero-order chi connectivity index (χ0) is 13.2. The van der Waals surface area contributed by atoms with Gasteiger partial charge in [0.1, 0.15) is 0 Å². The molecule has 0 fully saturated rings. The molecule has 2 unspecified atom stereocenters. The Balaban J connectivity index is 2.05. The lowest BCUT2D eigenvalue weighted by atomic mass is 9.92. The van der Waals surface area contributed by atoms with Crippen LogP contribution in [0, 0.1) is 5.92 Å². The number of aliphatic hydroxyl groups excluding tert-OH is 1. The molecular weight excluding hydrogens is 252 g/mol. The van der Waals surface area contributed by atoms with E-state index in [0.717, 1.165) is 17.1 Å². The molecule has 1 aliphatic heterocycles. The molecule has 98 valence electrons. The Labute approximate surface area is 118 Å². The van der Waals surface area contributed by atoms with Gasteiger partial charge in [-0.2, -0.15) is 11.8 Å². The molecule has 1 aliphatic rings. The number of fused-ring (bicyclic) bond motifs is 1. The van der Waals surface area contributed by atoms with Gasteiger partial charge in [0.2, 0.25) is 0 Å². The van der Waals surface area contributed by atoms with Crippen molar-refractivity contribution in [2.45, 2.75) is 18.8 Å². The Kier molecular flexibility index (Phi) is 3.63. The molecule has 0 radical (unpaired) electrons. The van der Waals surface area contributed by atoms with Crippen LogP contribution >= 0.6 is 11.8 Å². The first-order valence-corrected chi connectivity index (χ1v) is 7.85. The smallest absolute Gasteiger partial charge is 0.0826 e. The van der Waals surface area contributed by atoms with E-state index in [9.17, 15) is 5.11 Å². The van der Waals surface area contributed by atoms with Crippen molar-refractivity contribution in [2.24, 2.45) is 5.92 Å². The summed E-state index contributed by atoms with van der Waals surface area (Å²) < 4.78 is 0. The van der Waals surface area contributed by atoms with Crippen molar-refractivity contribution in [1.29, 1.82) is 0 Å². The van der Waals surface area contributed by atoms with E-state index in [1.165, 1.54) is 16.7 Å². The third kappa shape index (κ3) is 2.56. The lowest BCUT2D eigenvalue weighted by Gasteiger charge is -2.18. The average molecular weight is 270 g/mol. The summed E-state index contributed by atoms with van der Waals surface area (Å²) in [6.07, 6.45) is -0.339. The highest BCUT2D eigenvalue weighted by Crippen LogP contribution is 2.36. The van der Waals surface area contributed by atoms with E-state index in [0.29, 0.717) is 5.92 Å². The molecule has 0 amide bonds. The van der Waals surface area contributed by atoms with Gasteiger partial charge in [0, 0.05) is 5.75 Å². The lowest BCUT2D eigenvalue weighted by molar-refractivity contribution is 0.129. The third-order valence-electron chi connectivity index (χ3n) is 3.75. The van der Waals surface area contributed by atoms with Gasteiger partial charge >= 0.3 is 0 Å². The monoisotopic (exact) mass is 270 g/mol. The zero-order valence-electron chi connectivity index (χ0n) is 11.0. The van der Waals surface area contributed by atoms with Crippen LogP contribution in [0.2, 0.25) is 0 Å². The van der Waals surface area contributed by atoms with E-state index in [1.54, 1.807) is 0 Å². The predicted molar refractivity (Wildman–Crippen MR) is 82.2 cm³/mol. The van der Waals surface area contributed by atoms with E-state index >= 15 is 0 Å². The minimum absolute atomic E-state index is 0.317. The molecule has 2 aromatic carbocycles. The molecule has 0 spiro atoms. The van der Waals surface area contributed by atoms with Gasteiger partial charge in [0.25, 0.3) is 0 Å². The normalized spacial score (nSPS) is 22.6. The minimum atomic E-state index is -0.339. The molecule has 0 saturated carbocycles. The number of thioether (sulfide) groups is 1. The van der Waals surface area contributed by atoms with Gasteiger partial charge < -0.3 is 5.11 Å². The molecule has 2 aromatic rings. The van der Waals surface area contributed by atoms with Gasteiger partial charge in [-0.15, -0.1) is 0 Å². The zero-order valence-corrected chi connectivity index (χ0v) is 11.9. The fraction of sp³-hybridized carbons (Fsp3) is 0.294. The van der Waals surface area contributed by atoms with Crippen LogP contribution in [0.5, 0.6) is 0 Å². The Bertz CT molecular complexity index is 565. The van der Waals surface area contributed by atoms with Crippen LogP contribution in [-0.4, -0.2) is 10.9 Å². The Morgan fingerprint density at radius 1 is 1.05 bits per heavy atom. The molecule has 1 N–H and O–H groups in total. The maximum atomic E-state index is 10.5. The number of hydrogen-bond donors (Lipinski definition) is 1. The summed E-state index contributed by atoms with van der Waals surface area (Å²) in [5.74, 6) is 2.35. The van der Waals surface area contributed by atoms with Crippen molar-refractivity contribution in [1.82, 2.24) is 0 Å². The summed E-state index contributed by atoms with van der Waals surface area (Å²) in [5, 5.41) is 10.5. The Morgan fingerprint density at radius 3 is 2.63 bits per heavy atom.